The lowest BCUT2D eigenvalue weighted by Crippen LogP contribution is -2.47. The molecule has 2 aliphatic heterocycles. The van der Waals surface area contributed by atoms with Gasteiger partial charge in [0.05, 0.1) is 13.2 Å². The Morgan fingerprint density at radius 1 is 1.19 bits per heavy atom. The molecule has 0 saturated carbocycles. The van der Waals surface area contributed by atoms with Crippen LogP contribution in [0.25, 0.3) is 0 Å². The van der Waals surface area contributed by atoms with Gasteiger partial charge >= 0.3 is 6.03 Å². The molecule has 142 valence electrons. The lowest BCUT2D eigenvalue weighted by Gasteiger charge is -2.32. The van der Waals surface area contributed by atoms with Crippen molar-refractivity contribution in [2.24, 2.45) is 0 Å². The topological polar surface area (TPSA) is 99.4 Å². The van der Waals surface area contributed by atoms with Crippen LogP contribution in [0, 0.1) is 0 Å². The van der Waals surface area contributed by atoms with E-state index in [1.54, 1.807) is 4.90 Å². The van der Waals surface area contributed by atoms with Crippen molar-refractivity contribution in [2.75, 3.05) is 25.0 Å². The molecule has 1 saturated heterocycles. The Morgan fingerprint density at radius 2 is 1.96 bits per heavy atom. The van der Waals surface area contributed by atoms with Crippen LogP contribution in [0.4, 0.5) is 10.5 Å². The van der Waals surface area contributed by atoms with Crippen molar-refractivity contribution < 1.29 is 14.3 Å². The first kappa shape index (κ1) is 17.5. The SMILES string of the molecule is O=C(NC1CCN(C(=O)Nc2ccccc2)CC1)c1n[nH]c2c1COCC2. The number of rotatable bonds is 3. The number of fused-ring (bicyclic) bond motifs is 1. The fraction of sp³-hybridized carbons (Fsp3) is 0.421. The molecule has 8 heteroatoms. The molecule has 3 amide bonds. The summed E-state index contributed by atoms with van der Waals surface area (Å²) >= 11 is 0. The van der Waals surface area contributed by atoms with Gasteiger partial charge in [0.1, 0.15) is 0 Å². The number of ether oxygens (including phenoxy) is 1. The van der Waals surface area contributed by atoms with E-state index in [4.69, 9.17) is 4.74 Å². The summed E-state index contributed by atoms with van der Waals surface area (Å²) in [5.41, 5.74) is 3.05. The van der Waals surface area contributed by atoms with E-state index in [9.17, 15) is 9.59 Å². The highest BCUT2D eigenvalue weighted by molar-refractivity contribution is 5.94. The maximum absolute atomic E-state index is 12.6. The molecule has 1 aromatic carbocycles. The summed E-state index contributed by atoms with van der Waals surface area (Å²) < 4.78 is 5.43. The van der Waals surface area contributed by atoms with Crippen LogP contribution in [-0.2, 0) is 17.8 Å². The number of anilines is 1. The summed E-state index contributed by atoms with van der Waals surface area (Å²) in [6.45, 7) is 2.28. The molecular formula is C19H23N5O3. The Labute approximate surface area is 157 Å². The van der Waals surface area contributed by atoms with Crippen molar-refractivity contribution in [3.63, 3.8) is 0 Å². The number of likely N-dealkylation sites (tertiary alicyclic amines) is 1. The van der Waals surface area contributed by atoms with Gasteiger partial charge in [-0.3, -0.25) is 9.89 Å². The van der Waals surface area contributed by atoms with Crippen molar-refractivity contribution in [1.29, 1.82) is 0 Å². The molecular weight excluding hydrogens is 346 g/mol. The normalized spacial score (nSPS) is 17.3. The minimum Gasteiger partial charge on any atom is -0.376 e. The van der Waals surface area contributed by atoms with Gasteiger partial charge in [0.15, 0.2) is 5.69 Å². The van der Waals surface area contributed by atoms with Gasteiger partial charge in [0.25, 0.3) is 5.91 Å². The number of nitrogens with one attached hydrogen (secondary N) is 3. The second kappa shape index (κ2) is 7.79. The van der Waals surface area contributed by atoms with E-state index >= 15 is 0 Å². The van der Waals surface area contributed by atoms with Crippen molar-refractivity contribution >= 4 is 17.6 Å². The summed E-state index contributed by atoms with van der Waals surface area (Å²) in [5, 5.41) is 13.0. The Kier molecular flexibility index (Phi) is 5.06. The molecule has 0 unspecified atom stereocenters. The van der Waals surface area contributed by atoms with E-state index in [0.29, 0.717) is 32.0 Å². The first-order valence-corrected chi connectivity index (χ1v) is 9.26. The Hall–Kier alpha value is -2.87. The van der Waals surface area contributed by atoms with Crippen LogP contribution in [0.5, 0.6) is 0 Å². The second-order valence-electron chi connectivity index (χ2n) is 6.86. The number of H-pyrrole nitrogens is 1. The van der Waals surface area contributed by atoms with Crippen LogP contribution in [0.15, 0.2) is 30.3 Å². The fourth-order valence-electron chi connectivity index (χ4n) is 3.50. The Morgan fingerprint density at radius 3 is 2.74 bits per heavy atom. The van der Waals surface area contributed by atoms with E-state index in [1.165, 1.54) is 0 Å². The highest BCUT2D eigenvalue weighted by Crippen LogP contribution is 2.19. The van der Waals surface area contributed by atoms with Crippen LogP contribution < -0.4 is 10.6 Å². The standard InChI is InChI=1S/C19H23N5O3/c25-18(17-15-12-27-11-8-16(15)22-23-17)20-14-6-9-24(10-7-14)19(26)21-13-4-2-1-3-5-13/h1-5,14H,6-12H2,(H,20,25)(H,21,26)(H,22,23). The van der Waals surface area contributed by atoms with Gasteiger partial charge in [-0.1, -0.05) is 18.2 Å². The molecule has 0 bridgehead atoms. The number of piperidine rings is 1. The van der Waals surface area contributed by atoms with E-state index in [0.717, 1.165) is 36.2 Å². The molecule has 3 heterocycles. The number of carbonyl (C=O) groups excluding carboxylic acids is 2. The third-order valence-electron chi connectivity index (χ3n) is 5.05. The summed E-state index contributed by atoms with van der Waals surface area (Å²) in [5.74, 6) is -0.176. The van der Waals surface area contributed by atoms with Crippen LogP contribution >= 0.6 is 0 Å². The average molecular weight is 369 g/mol. The lowest BCUT2D eigenvalue weighted by molar-refractivity contribution is 0.0893. The number of para-hydroxylation sites is 1. The number of nitrogens with zero attached hydrogens (tertiary/aromatic N) is 2. The highest BCUT2D eigenvalue weighted by Gasteiger charge is 2.27. The first-order valence-electron chi connectivity index (χ1n) is 9.26. The number of aromatic nitrogens is 2. The molecule has 2 aliphatic rings. The van der Waals surface area contributed by atoms with Gasteiger partial charge in [0, 0.05) is 42.5 Å². The predicted molar refractivity (Wildman–Crippen MR) is 99.5 cm³/mol. The van der Waals surface area contributed by atoms with Gasteiger partial charge in [-0.15, -0.1) is 0 Å². The van der Waals surface area contributed by atoms with Crippen LogP contribution in [0.3, 0.4) is 0 Å². The van der Waals surface area contributed by atoms with E-state index in [-0.39, 0.29) is 18.0 Å². The molecule has 8 nitrogen and oxygen atoms in total. The van der Waals surface area contributed by atoms with E-state index < -0.39 is 0 Å². The minimum atomic E-state index is -0.176. The zero-order valence-electron chi connectivity index (χ0n) is 15.0. The highest BCUT2D eigenvalue weighted by atomic mass is 16.5. The van der Waals surface area contributed by atoms with Gasteiger partial charge < -0.3 is 20.3 Å². The lowest BCUT2D eigenvalue weighted by atomic mass is 10.0. The molecule has 1 fully saturated rings. The first-order chi connectivity index (χ1) is 13.2. The van der Waals surface area contributed by atoms with Crippen LogP contribution in [0.1, 0.15) is 34.6 Å². The molecule has 0 spiro atoms. The number of amides is 3. The summed E-state index contributed by atoms with van der Waals surface area (Å²) in [6, 6.07) is 9.33. The molecule has 4 rings (SSSR count). The zero-order chi connectivity index (χ0) is 18.6. The number of hydrogen-bond acceptors (Lipinski definition) is 4. The number of hydrogen-bond donors (Lipinski definition) is 3. The monoisotopic (exact) mass is 369 g/mol. The third-order valence-corrected chi connectivity index (χ3v) is 5.05. The molecule has 0 aliphatic carbocycles. The molecule has 0 atom stereocenters. The minimum absolute atomic E-state index is 0.0372. The fourth-order valence-corrected chi connectivity index (χ4v) is 3.50. The maximum Gasteiger partial charge on any atom is 0.321 e. The van der Waals surface area contributed by atoms with E-state index in [2.05, 4.69) is 20.8 Å². The predicted octanol–water partition coefficient (Wildman–Crippen LogP) is 1.91. The largest absolute Gasteiger partial charge is 0.376 e. The molecule has 2 aromatic rings. The van der Waals surface area contributed by atoms with Gasteiger partial charge in [-0.25, -0.2) is 4.79 Å². The number of benzene rings is 1. The van der Waals surface area contributed by atoms with E-state index in [1.807, 2.05) is 30.3 Å². The molecule has 1 aromatic heterocycles. The smallest absolute Gasteiger partial charge is 0.321 e. The Balaban J connectivity index is 1.29. The number of aromatic amines is 1. The average Bonchev–Trinajstić information content (AvgIpc) is 3.13. The molecule has 27 heavy (non-hydrogen) atoms. The van der Waals surface area contributed by atoms with Gasteiger partial charge in [-0.2, -0.15) is 5.10 Å². The summed E-state index contributed by atoms with van der Waals surface area (Å²) in [7, 11) is 0. The molecule has 0 radical (unpaired) electrons. The Bertz CT molecular complexity index is 812. The van der Waals surface area contributed by atoms with Crippen LogP contribution in [0.2, 0.25) is 0 Å². The maximum atomic E-state index is 12.6. The van der Waals surface area contributed by atoms with Gasteiger partial charge in [-0.05, 0) is 25.0 Å². The van der Waals surface area contributed by atoms with Gasteiger partial charge in [0.2, 0.25) is 0 Å². The molecule has 3 N–H and O–H groups in total. The van der Waals surface area contributed by atoms with Crippen molar-refractivity contribution in [2.45, 2.75) is 31.9 Å². The third kappa shape index (κ3) is 3.95. The summed E-state index contributed by atoms with van der Waals surface area (Å²) in [4.78, 5) is 26.7. The number of urea groups is 1. The van der Waals surface area contributed by atoms with Crippen molar-refractivity contribution in [3.8, 4) is 0 Å². The van der Waals surface area contributed by atoms with Crippen molar-refractivity contribution in [3.05, 3.63) is 47.3 Å². The number of carbonyl (C=O) groups is 2. The van der Waals surface area contributed by atoms with Crippen LogP contribution in [-0.4, -0.2) is 52.8 Å². The second-order valence-corrected chi connectivity index (χ2v) is 6.86. The van der Waals surface area contributed by atoms with Crippen molar-refractivity contribution in [1.82, 2.24) is 20.4 Å². The zero-order valence-corrected chi connectivity index (χ0v) is 15.0. The quantitative estimate of drug-likeness (QED) is 0.769. The summed E-state index contributed by atoms with van der Waals surface area (Å²) in [6.07, 6.45) is 2.19.